The molecular weight excluding hydrogens is 310 g/mol. The Morgan fingerprint density at radius 2 is 2.17 bits per heavy atom. The Morgan fingerprint density at radius 1 is 1.38 bits per heavy atom. The van der Waals surface area contributed by atoms with Crippen LogP contribution in [-0.2, 0) is 9.63 Å². The molecule has 0 N–H and O–H groups in total. The highest BCUT2D eigenvalue weighted by Gasteiger charge is 2.48. The first kappa shape index (κ1) is 16.4. The van der Waals surface area contributed by atoms with Gasteiger partial charge in [-0.25, -0.2) is 0 Å². The maximum Gasteiger partial charge on any atom is 0.271 e. The first-order chi connectivity index (χ1) is 11.4. The van der Waals surface area contributed by atoms with Crippen molar-refractivity contribution in [1.29, 1.82) is 0 Å². The third kappa shape index (κ3) is 2.95. The predicted molar refractivity (Wildman–Crippen MR) is 86.3 cm³/mol. The lowest BCUT2D eigenvalue weighted by atomic mass is 9.96. The average molecular weight is 331 g/mol. The van der Waals surface area contributed by atoms with Crippen molar-refractivity contribution in [3.8, 4) is 0 Å². The molecule has 2 aliphatic rings. The van der Waals surface area contributed by atoms with Crippen molar-refractivity contribution in [2.75, 3.05) is 20.1 Å². The van der Waals surface area contributed by atoms with Crippen LogP contribution in [0.4, 0.5) is 0 Å². The van der Waals surface area contributed by atoms with Crippen molar-refractivity contribution in [2.24, 2.45) is 5.16 Å². The number of carbonyl (C=O) groups is 2. The third-order valence-electron chi connectivity index (χ3n) is 4.62. The summed E-state index contributed by atoms with van der Waals surface area (Å²) in [5.41, 5.74) is 0.335. The van der Waals surface area contributed by atoms with Crippen molar-refractivity contribution < 1.29 is 14.4 Å². The number of oxime groups is 1. The second-order valence-corrected chi connectivity index (χ2v) is 6.61. The first-order valence-corrected chi connectivity index (χ1v) is 8.00. The molecule has 0 radical (unpaired) electrons. The molecule has 8 heteroatoms. The van der Waals surface area contributed by atoms with Gasteiger partial charge < -0.3 is 14.6 Å². The SMILES string of the molecule is CC(C)N(C)C(=O)C1=NO[C@]2(CCN(C(=O)c3ccnnc3)C2)C1. The topological polar surface area (TPSA) is 88.0 Å². The molecule has 2 aliphatic heterocycles. The van der Waals surface area contributed by atoms with Gasteiger partial charge in [-0.3, -0.25) is 9.59 Å². The van der Waals surface area contributed by atoms with E-state index in [2.05, 4.69) is 15.4 Å². The van der Waals surface area contributed by atoms with E-state index in [-0.39, 0.29) is 17.9 Å². The Balaban J connectivity index is 1.64. The van der Waals surface area contributed by atoms with Crippen LogP contribution in [0.5, 0.6) is 0 Å². The molecule has 1 aromatic rings. The number of hydrogen-bond donors (Lipinski definition) is 0. The van der Waals surface area contributed by atoms with Crippen LogP contribution < -0.4 is 0 Å². The fourth-order valence-corrected chi connectivity index (χ4v) is 2.91. The van der Waals surface area contributed by atoms with Crippen molar-refractivity contribution in [3.05, 3.63) is 24.0 Å². The molecule has 2 amide bonds. The van der Waals surface area contributed by atoms with Crippen LogP contribution in [0.1, 0.15) is 37.0 Å². The second-order valence-electron chi connectivity index (χ2n) is 6.61. The lowest BCUT2D eigenvalue weighted by molar-refractivity contribution is -0.124. The van der Waals surface area contributed by atoms with Crippen LogP contribution >= 0.6 is 0 Å². The van der Waals surface area contributed by atoms with Crippen LogP contribution in [0.2, 0.25) is 0 Å². The zero-order valence-corrected chi connectivity index (χ0v) is 14.1. The Morgan fingerprint density at radius 3 is 2.83 bits per heavy atom. The summed E-state index contributed by atoms with van der Waals surface area (Å²) in [6.45, 7) is 4.88. The van der Waals surface area contributed by atoms with Crippen molar-refractivity contribution >= 4 is 17.5 Å². The molecule has 128 valence electrons. The van der Waals surface area contributed by atoms with Gasteiger partial charge in [-0.15, -0.1) is 0 Å². The molecule has 1 fully saturated rings. The fourth-order valence-electron chi connectivity index (χ4n) is 2.91. The molecule has 3 rings (SSSR count). The smallest absolute Gasteiger partial charge is 0.271 e. The van der Waals surface area contributed by atoms with Crippen molar-refractivity contribution in [2.45, 2.75) is 38.3 Å². The van der Waals surface area contributed by atoms with E-state index in [1.165, 1.54) is 12.4 Å². The van der Waals surface area contributed by atoms with E-state index in [4.69, 9.17) is 4.84 Å². The Hall–Kier alpha value is -2.51. The van der Waals surface area contributed by atoms with Gasteiger partial charge in [0, 0.05) is 32.5 Å². The Bertz CT molecular complexity index is 676. The van der Waals surface area contributed by atoms with E-state index in [0.717, 1.165) is 0 Å². The minimum absolute atomic E-state index is 0.0950. The Kier molecular flexibility index (Phi) is 4.21. The number of nitrogens with zero attached hydrogens (tertiary/aromatic N) is 5. The van der Waals surface area contributed by atoms with Crippen molar-refractivity contribution in [1.82, 2.24) is 20.0 Å². The van der Waals surface area contributed by atoms with Gasteiger partial charge in [0.05, 0.1) is 24.5 Å². The van der Waals surface area contributed by atoms with E-state index in [9.17, 15) is 9.59 Å². The van der Waals surface area contributed by atoms with Crippen molar-refractivity contribution in [3.63, 3.8) is 0 Å². The van der Waals surface area contributed by atoms with Gasteiger partial charge in [-0.05, 0) is 19.9 Å². The van der Waals surface area contributed by atoms with E-state index >= 15 is 0 Å². The standard InChI is InChI=1S/C16H21N5O3/c1-11(2)20(3)15(23)13-8-16(24-19-13)5-7-21(10-16)14(22)12-4-6-17-18-9-12/h4,6,9,11H,5,7-8,10H2,1-3H3/t16-/m1/s1. The molecule has 1 aromatic heterocycles. The monoisotopic (exact) mass is 331 g/mol. The number of rotatable bonds is 3. The van der Waals surface area contributed by atoms with Crippen LogP contribution in [-0.4, -0.2) is 69.3 Å². The van der Waals surface area contributed by atoms with Gasteiger partial charge in [-0.2, -0.15) is 10.2 Å². The van der Waals surface area contributed by atoms with Crippen LogP contribution in [0.15, 0.2) is 23.6 Å². The minimum Gasteiger partial charge on any atom is -0.386 e. The summed E-state index contributed by atoms with van der Waals surface area (Å²) in [6, 6.07) is 1.73. The zero-order valence-electron chi connectivity index (χ0n) is 14.1. The second kappa shape index (κ2) is 6.18. The predicted octanol–water partition coefficient (Wildman–Crippen LogP) is 0.704. The highest BCUT2D eigenvalue weighted by Crippen LogP contribution is 2.34. The number of carbonyl (C=O) groups excluding carboxylic acids is 2. The summed E-state index contributed by atoms with van der Waals surface area (Å²) >= 11 is 0. The van der Waals surface area contributed by atoms with E-state index < -0.39 is 5.60 Å². The summed E-state index contributed by atoms with van der Waals surface area (Å²) in [7, 11) is 1.75. The van der Waals surface area contributed by atoms with Gasteiger partial charge in [-0.1, -0.05) is 5.16 Å². The average Bonchev–Trinajstić information content (AvgIpc) is 3.21. The number of hydrogen-bond acceptors (Lipinski definition) is 6. The summed E-state index contributed by atoms with van der Waals surface area (Å²) in [4.78, 5) is 33.8. The highest BCUT2D eigenvalue weighted by atomic mass is 16.7. The molecule has 1 atom stereocenters. The summed E-state index contributed by atoms with van der Waals surface area (Å²) < 4.78 is 0. The zero-order chi connectivity index (χ0) is 17.3. The molecule has 1 spiro atoms. The molecule has 8 nitrogen and oxygen atoms in total. The van der Waals surface area contributed by atoms with Gasteiger partial charge in [0.2, 0.25) is 0 Å². The molecule has 24 heavy (non-hydrogen) atoms. The highest BCUT2D eigenvalue weighted by molar-refractivity contribution is 6.39. The molecule has 0 aromatic carbocycles. The third-order valence-corrected chi connectivity index (χ3v) is 4.62. The summed E-state index contributed by atoms with van der Waals surface area (Å²) in [5.74, 6) is -0.227. The lowest BCUT2D eigenvalue weighted by Gasteiger charge is -2.23. The molecule has 0 bridgehead atoms. The minimum atomic E-state index is -0.584. The maximum atomic E-state index is 12.5. The van der Waals surface area contributed by atoms with E-state index in [0.29, 0.717) is 37.2 Å². The maximum absolute atomic E-state index is 12.5. The summed E-state index contributed by atoms with van der Waals surface area (Å²) in [6.07, 6.45) is 4.03. The fraction of sp³-hybridized carbons (Fsp3) is 0.562. The van der Waals surface area contributed by atoms with Gasteiger partial charge in [0.25, 0.3) is 11.8 Å². The van der Waals surface area contributed by atoms with E-state index in [1.54, 1.807) is 22.9 Å². The van der Waals surface area contributed by atoms with Crippen LogP contribution in [0.3, 0.4) is 0 Å². The molecule has 0 unspecified atom stereocenters. The lowest BCUT2D eigenvalue weighted by Crippen LogP contribution is -2.40. The van der Waals surface area contributed by atoms with Gasteiger partial charge in [0.1, 0.15) is 5.71 Å². The number of aromatic nitrogens is 2. The largest absolute Gasteiger partial charge is 0.386 e. The summed E-state index contributed by atoms with van der Waals surface area (Å²) in [5, 5.41) is 11.4. The van der Waals surface area contributed by atoms with Crippen LogP contribution in [0.25, 0.3) is 0 Å². The first-order valence-electron chi connectivity index (χ1n) is 8.00. The van der Waals surface area contributed by atoms with E-state index in [1.807, 2.05) is 13.8 Å². The molecule has 3 heterocycles. The van der Waals surface area contributed by atoms with Crippen LogP contribution in [0, 0.1) is 0 Å². The molecule has 1 saturated heterocycles. The molecule has 0 aliphatic carbocycles. The van der Waals surface area contributed by atoms with Gasteiger partial charge >= 0.3 is 0 Å². The quantitative estimate of drug-likeness (QED) is 0.814. The number of amides is 2. The Labute approximate surface area is 140 Å². The number of likely N-dealkylation sites (tertiary alicyclic amines) is 1. The molecule has 0 saturated carbocycles. The normalized spacial score (nSPS) is 22.7. The van der Waals surface area contributed by atoms with Gasteiger partial charge in [0.15, 0.2) is 5.60 Å². The molecular formula is C16H21N5O3.